The molecule has 0 bridgehead atoms. The molecule has 19 heavy (non-hydrogen) atoms. The molecule has 1 N–H and O–H groups in total. The zero-order valence-electron chi connectivity index (χ0n) is 11.1. The van der Waals surface area contributed by atoms with Crippen molar-refractivity contribution in [2.75, 3.05) is 13.1 Å². The fourth-order valence-corrected chi connectivity index (χ4v) is 3.20. The molecular formula is C17H18BrN. The molecule has 2 heteroatoms. The van der Waals surface area contributed by atoms with Crippen molar-refractivity contribution in [1.82, 2.24) is 5.32 Å². The summed E-state index contributed by atoms with van der Waals surface area (Å²) < 4.78 is 1.22. The molecule has 0 aliphatic carbocycles. The Morgan fingerprint density at radius 2 is 1.74 bits per heavy atom. The third-order valence-corrected chi connectivity index (χ3v) is 4.85. The van der Waals surface area contributed by atoms with Gasteiger partial charge in [0.05, 0.1) is 0 Å². The number of rotatable bonds is 3. The van der Waals surface area contributed by atoms with E-state index >= 15 is 0 Å². The van der Waals surface area contributed by atoms with E-state index < -0.39 is 0 Å². The van der Waals surface area contributed by atoms with Gasteiger partial charge in [-0.15, -0.1) is 0 Å². The maximum atomic E-state index is 3.67. The van der Waals surface area contributed by atoms with Crippen LogP contribution in [0.2, 0.25) is 0 Å². The van der Waals surface area contributed by atoms with Crippen molar-refractivity contribution in [3.8, 4) is 0 Å². The van der Waals surface area contributed by atoms with Crippen molar-refractivity contribution in [2.45, 2.75) is 18.8 Å². The Balaban J connectivity index is 1.92. The first-order chi connectivity index (χ1) is 9.20. The lowest BCUT2D eigenvalue weighted by molar-refractivity contribution is 0.274. The number of aryl methyl sites for hydroxylation is 1. The van der Waals surface area contributed by atoms with Crippen LogP contribution in [0, 0.1) is 6.92 Å². The normalized spacial score (nSPS) is 16.9. The van der Waals surface area contributed by atoms with Gasteiger partial charge in [0.2, 0.25) is 0 Å². The molecule has 0 aromatic heterocycles. The van der Waals surface area contributed by atoms with E-state index in [1.54, 1.807) is 0 Å². The summed E-state index contributed by atoms with van der Waals surface area (Å²) in [6.45, 7) is 4.28. The van der Waals surface area contributed by atoms with Crippen LogP contribution in [-0.2, 0) is 11.8 Å². The Morgan fingerprint density at radius 3 is 2.32 bits per heavy atom. The monoisotopic (exact) mass is 315 g/mol. The van der Waals surface area contributed by atoms with E-state index in [4.69, 9.17) is 0 Å². The minimum absolute atomic E-state index is 0.261. The van der Waals surface area contributed by atoms with Crippen molar-refractivity contribution >= 4 is 15.9 Å². The van der Waals surface area contributed by atoms with Gasteiger partial charge < -0.3 is 5.32 Å². The average Bonchev–Trinajstić information content (AvgIpc) is 2.37. The summed E-state index contributed by atoms with van der Waals surface area (Å²) in [5.41, 5.74) is 4.43. The van der Waals surface area contributed by atoms with Crippen LogP contribution in [0.25, 0.3) is 0 Å². The van der Waals surface area contributed by atoms with Gasteiger partial charge in [-0.25, -0.2) is 0 Å². The van der Waals surface area contributed by atoms with Crippen LogP contribution in [0.5, 0.6) is 0 Å². The van der Waals surface area contributed by atoms with Crippen LogP contribution in [-0.4, -0.2) is 13.1 Å². The highest BCUT2D eigenvalue weighted by molar-refractivity contribution is 9.10. The fraction of sp³-hybridized carbons (Fsp3) is 0.294. The number of hydrogen-bond donors (Lipinski definition) is 1. The molecule has 1 aliphatic rings. The molecule has 3 rings (SSSR count). The van der Waals surface area contributed by atoms with E-state index in [2.05, 4.69) is 76.7 Å². The largest absolute Gasteiger partial charge is 0.315 e. The topological polar surface area (TPSA) is 12.0 Å². The molecule has 1 saturated heterocycles. The van der Waals surface area contributed by atoms with Crippen molar-refractivity contribution in [1.29, 1.82) is 0 Å². The lowest BCUT2D eigenvalue weighted by Crippen LogP contribution is -2.58. The third-order valence-electron chi connectivity index (χ3n) is 4.08. The van der Waals surface area contributed by atoms with Crippen molar-refractivity contribution in [3.05, 3.63) is 69.7 Å². The van der Waals surface area contributed by atoms with Gasteiger partial charge in [-0.05, 0) is 30.5 Å². The molecule has 0 radical (unpaired) electrons. The standard InChI is InChI=1S/C17H18BrN/c1-13-6-8-15(9-7-13)17(11-19-12-17)10-14-4-2-3-5-16(14)18/h2-9,19H,10-12H2,1H3. The van der Waals surface area contributed by atoms with Crippen LogP contribution in [0.1, 0.15) is 16.7 Å². The molecule has 98 valence electrons. The molecule has 0 amide bonds. The van der Waals surface area contributed by atoms with Gasteiger partial charge in [-0.1, -0.05) is 64.0 Å². The van der Waals surface area contributed by atoms with E-state index in [0.29, 0.717) is 0 Å². The first-order valence-electron chi connectivity index (χ1n) is 6.71. The molecule has 0 spiro atoms. The van der Waals surface area contributed by atoms with Crippen molar-refractivity contribution < 1.29 is 0 Å². The van der Waals surface area contributed by atoms with E-state index in [9.17, 15) is 0 Å². The zero-order valence-corrected chi connectivity index (χ0v) is 12.7. The van der Waals surface area contributed by atoms with Crippen LogP contribution in [0.15, 0.2) is 53.0 Å². The summed E-state index contributed by atoms with van der Waals surface area (Å²) in [6, 6.07) is 17.5. The van der Waals surface area contributed by atoms with Gasteiger partial charge in [-0.2, -0.15) is 0 Å². The molecule has 0 saturated carbocycles. The molecule has 2 aromatic carbocycles. The minimum Gasteiger partial charge on any atom is -0.315 e. The van der Waals surface area contributed by atoms with Crippen LogP contribution in [0.4, 0.5) is 0 Å². The van der Waals surface area contributed by atoms with Crippen molar-refractivity contribution in [2.24, 2.45) is 0 Å². The maximum Gasteiger partial charge on any atom is 0.0243 e. The first kappa shape index (κ1) is 12.9. The van der Waals surface area contributed by atoms with Crippen LogP contribution < -0.4 is 5.32 Å². The van der Waals surface area contributed by atoms with Gasteiger partial charge in [0.15, 0.2) is 0 Å². The zero-order chi connectivity index (χ0) is 13.3. The lowest BCUT2D eigenvalue weighted by atomic mass is 9.71. The van der Waals surface area contributed by atoms with Gasteiger partial charge in [-0.3, -0.25) is 0 Å². The highest BCUT2D eigenvalue weighted by Crippen LogP contribution is 2.34. The molecule has 0 unspecified atom stereocenters. The minimum atomic E-state index is 0.261. The quantitative estimate of drug-likeness (QED) is 0.907. The highest BCUT2D eigenvalue weighted by Gasteiger charge is 2.38. The Hall–Kier alpha value is -1.12. The third kappa shape index (κ3) is 2.47. The fourth-order valence-electron chi connectivity index (χ4n) is 2.77. The van der Waals surface area contributed by atoms with Gasteiger partial charge in [0, 0.05) is 23.0 Å². The highest BCUT2D eigenvalue weighted by atomic mass is 79.9. The smallest absolute Gasteiger partial charge is 0.0243 e. The molecule has 1 nitrogen and oxygen atoms in total. The van der Waals surface area contributed by atoms with Gasteiger partial charge in [0.25, 0.3) is 0 Å². The van der Waals surface area contributed by atoms with E-state index in [-0.39, 0.29) is 5.41 Å². The molecule has 2 aromatic rings. The van der Waals surface area contributed by atoms with E-state index in [0.717, 1.165) is 19.5 Å². The van der Waals surface area contributed by atoms with Crippen molar-refractivity contribution in [3.63, 3.8) is 0 Å². The maximum absolute atomic E-state index is 3.67. The molecule has 1 fully saturated rings. The second-order valence-corrected chi connectivity index (χ2v) is 6.37. The summed E-state index contributed by atoms with van der Waals surface area (Å²) in [4.78, 5) is 0. The van der Waals surface area contributed by atoms with E-state index in [1.165, 1.54) is 21.2 Å². The Kier molecular flexibility index (Phi) is 3.46. The predicted octanol–water partition coefficient (Wildman–Crippen LogP) is 3.84. The summed E-state index contributed by atoms with van der Waals surface area (Å²) in [5.74, 6) is 0. The number of halogens is 1. The summed E-state index contributed by atoms with van der Waals surface area (Å²) in [6.07, 6.45) is 1.09. The summed E-state index contributed by atoms with van der Waals surface area (Å²) in [7, 11) is 0. The second kappa shape index (κ2) is 5.10. The molecular weight excluding hydrogens is 298 g/mol. The Bertz CT molecular complexity index is 570. The molecule has 1 heterocycles. The van der Waals surface area contributed by atoms with Crippen LogP contribution in [0.3, 0.4) is 0 Å². The molecule has 0 atom stereocenters. The number of benzene rings is 2. The molecule has 1 aliphatic heterocycles. The first-order valence-corrected chi connectivity index (χ1v) is 7.50. The Morgan fingerprint density at radius 1 is 1.05 bits per heavy atom. The second-order valence-electron chi connectivity index (χ2n) is 5.52. The average molecular weight is 316 g/mol. The van der Waals surface area contributed by atoms with Crippen LogP contribution >= 0.6 is 15.9 Å². The van der Waals surface area contributed by atoms with E-state index in [1.807, 2.05) is 0 Å². The Labute approximate surface area is 123 Å². The predicted molar refractivity (Wildman–Crippen MR) is 83.6 cm³/mol. The van der Waals surface area contributed by atoms with Gasteiger partial charge in [0.1, 0.15) is 0 Å². The number of hydrogen-bond acceptors (Lipinski definition) is 1. The summed E-state index contributed by atoms with van der Waals surface area (Å²) >= 11 is 3.67. The summed E-state index contributed by atoms with van der Waals surface area (Å²) in [5, 5.41) is 3.44. The number of nitrogens with one attached hydrogen (secondary N) is 1. The lowest BCUT2D eigenvalue weighted by Gasteiger charge is -2.43. The van der Waals surface area contributed by atoms with Gasteiger partial charge >= 0.3 is 0 Å². The SMILES string of the molecule is Cc1ccc(C2(Cc3ccccc3Br)CNC2)cc1.